The minimum Gasteiger partial charge on any atom is -0.491 e. The van der Waals surface area contributed by atoms with Crippen molar-refractivity contribution >= 4 is 35.0 Å². The molecule has 130 valence electrons. The maximum absolute atomic E-state index is 10.1. The number of halogens is 2. The Morgan fingerprint density at radius 2 is 1.68 bits per heavy atom. The molecule has 25 heavy (non-hydrogen) atoms. The van der Waals surface area contributed by atoms with Gasteiger partial charge in [-0.15, -0.1) is 5.10 Å². The molecular weight excluding hydrogens is 383 g/mol. The maximum atomic E-state index is 10.1. The molecule has 1 atom stereocenters. The molecule has 0 fully saturated rings. The highest BCUT2D eigenvalue weighted by Gasteiger charge is 2.13. The number of thioether (sulfide) groups is 1. The van der Waals surface area contributed by atoms with Crippen LogP contribution >= 0.6 is 35.0 Å². The first-order valence-corrected chi connectivity index (χ1v) is 9.09. The van der Waals surface area contributed by atoms with Gasteiger partial charge in [-0.2, -0.15) is 4.68 Å². The van der Waals surface area contributed by atoms with E-state index in [2.05, 4.69) is 15.5 Å². The molecule has 9 heteroatoms. The van der Waals surface area contributed by atoms with E-state index in [4.69, 9.17) is 27.9 Å². The van der Waals surface area contributed by atoms with Crippen LogP contribution in [0.15, 0.2) is 53.7 Å². The van der Waals surface area contributed by atoms with Crippen LogP contribution in [0.3, 0.4) is 0 Å². The molecule has 0 radical (unpaired) electrons. The van der Waals surface area contributed by atoms with Crippen molar-refractivity contribution < 1.29 is 9.84 Å². The molecule has 1 N–H and O–H groups in total. The number of tetrazole rings is 1. The summed E-state index contributed by atoms with van der Waals surface area (Å²) in [5.41, 5.74) is 0.795. The molecule has 0 saturated heterocycles. The molecule has 0 spiro atoms. The molecule has 1 heterocycles. The molecule has 2 aromatic carbocycles. The molecule has 0 aliphatic carbocycles. The fourth-order valence-corrected chi connectivity index (χ4v) is 3.00. The van der Waals surface area contributed by atoms with Crippen LogP contribution in [-0.2, 0) is 0 Å². The van der Waals surface area contributed by atoms with E-state index in [0.29, 0.717) is 26.7 Å². The molecule has 3 rings (SSSR count). The van der Waals surface area contributed by atoms with Gasteiger partial charge >= 0.3 is 0 Å². The smallest absolute Gasteiger partial charge is 0.214 e. The van der Waals surface area contributed by atoms with Crippen LogP contribution in [0.1, 0.15) is 0 Å². The highest BCUT2D eigenvalue weighted by Crippen LogP contribution is 2.21. The standard InChI is InChI=1S/C16H14Cl2N4O2S/c17-11-1-5-13(6-2-11)22-16(19-20-21-22)25-10-14(23)9-24-15-7-3-12(18)4-8-15/h1-8,14,23H,9-10H2. The van der Waals surface area contributed by atoms with Crippen LogP contribution in [0.5, 0.6) is 5.75 Å². The number of benzene rings is 2. The van der Waals surface area contributed by atoms with E-state index < -0.39 is 6.10 Å². The van der Waals surface area contributed by atoms with E-state index in [-0.39, 0.29) is 6.61 Å². The summed E-state index contributed by atoms with van der Waals surface area (Å²) in [5, 5.41) is 23.6. The Labute approximate surface area is 158 Å². The molecule has 6 nitrogen and oxygen atoms in total. The van der Waals surface area contributed by atoms with Gasteiger partial charge in [0.15, 0.2) is 0 Å². The lowest BCUT2D eigenvalue weighted by molar-refractivity contribution is 0.126. The second-order valence-electron chi connectivity index (χ2n) is 5.08. The summed E-state index contributed by atoms with van der Waals surface area (Å²) in [4.78, 5) is 0. The van der Waals surface area contributed by atoms with E-state index >= 15 is 0 Å². The lowest BCUT2D eigenvalue weighted by Crippen LogP contribution is -2.20. The third-order valence-corrected chi connectivity index (χ3v) is 4.74. The van der Waals surface area contributed by atoms with Gasteiger partial charge in [0.2, 0.25) is 5.16 Å². The Kier molecular flexibility index (Phi) is 6.14. The highest BCUT2D eigenvalue weighted by molar-refractivity contribution is 7.99. The van der Waals surface area contributed by atoms with Gasteiger partial charge in [0.05, 0.1) is 11.8 Å². The zero-order valence-electron chi connectivity index (χ0n) is 12.9. The van der Waals surface area contributed by atoms with E-state index in [9.17, 15) is 5.11 Å². The van der Waals surface area contributed by atoms with Crippen LogP contribution in [0.4, 0.5) is 0 Å². The van der Waals surface area contributed by atoms with E-state index in [0.717, 1.165) is 5.69 Å². The number of hydrogen-bond donors (Lipinski definition) is 1. The average molecular weight is 397 g/mol. The van der Waals surface area contributed by atoms with Crippen molar-refractivity contribution in [2.24, 2.45) is 0 Å². The van der Waals surface area contributed by atoms with Crippen LogP contribution in [0.2, 0.25) is 10.0 Å². The third kappa shape index (κ3) is 5.09. The highest BCUT2D eigenvalue weighted by atomic mass is 35.5. The molecular formula is C16H14Cl2N4O2S. The number of aliphatic hydroxyl groups is 1. The first-order chi connectivity index (χ1) is 12.1. The number of aliphatic hydroxyl groups excluding tert-OH is 1. The predicted molar refractivity (Wildman–Crippen MR) is 97.8 cm³/mol. The van der Waals surface area contributed by atoms with Crippen LogP contribution in [0, 0.1) is 0 Å². The summed E-state index contributed by atoms with van der Waals surface area (Å²) in [6.07, 6.45) is -0.670. The van der Waals surface area contributed by atoms with Crippen molar-refractivity contribution in [1.29, 1.82) is 0 Å². The van der Waals surface area contributed by atoms with Crippen molar-refractivity contribution in [3.05, 3.63) is 58.6 Å². The quantitative estimate of drug-likeness (QED) is 0.616. The Bertz CT molecular complexity index is 812. The molecule has 0 aliphatic heterocycles. The van der Waals surface area contributed by atoms with Gasteiger partial charge in [0.25, 0.3) is 0 Å². The molecule has 3 aromatic rings. The minimum atomic E-state index is -0.670. The summed E-state index contributed by atoms with van der Waals surface area (Å²) in [5.74, 6) is 1.04. The largest absolute Gasteiger partial charge is 0.491 e. The fourth-order valence-electron chi connectivity index (χ4n) is 1.96. The lowest BCUT2D eigenvalue weighted by atomic mass is 10.3. The summed E-state index contributed by atoms with van der Waals surface area (Å²) < 4.78 is 7.12. The second kappa shape index (κ2) is 8.53. The molecule has 0 saturated carbocycles. The van der Waals surface area contributed by atoms with Crippen LogP contribution < -0.4 is 4.74 Å². The monoisotopic (exact) mass is 396 g/mol. The predicted octanol–water partition coefficient (Wildman–Crippen LogP) is 3.50. The Hall–Kier alpha value is -1.80. The minimum absolute atomic E-state index is 0.164. The number of ether oxygens (including phenoxy) is 1. The summed E-state index contributed by atoms with van der Waals surface area (Å²) in [7, 11) is 0. The lowest BCUT2D eigenvalue weighted by Gasteiger charge is -2.12. The van der Waals surface area contributed by atoms with Crippen LogP contribution in [0.25, 0.3) is 5.69 Å². The van der Waals surface area contributed by atoms with E-state index in [1.54, 1.807) is 41.1 Å². The normalized spacial score (nSPS) is 12.1. The number of aromatic nitrogens is 4. The van der Waals surface area contributed by atoms with Crippen molar-refractivity contribution in [2.45, 2.75) is 11.3 Å². The molecule has 0 bridgehead atoms. The van der Waals surface area contributed by atoms with Gasteiger partial charge in [-0.25, -0.2) is 0 Å². The SMILES string of the molecule is OC(COc1ccc(Cl)cc1)CSc1nnnn1-c1ccc(Cl)cc1. The van der Waals surface area contributed by atoms with Crippen molar-refractivity contribution in [3.8, 4) is 11.4 Å². The first kappa shape index (κ1) is 18.0. The summed E-state index contributed by atoms with van der Waals surface area (Å²) in [6.45, 7) is 0.164. The van der Waals surface area contributed by atoms with Crippen molar-refractivity contribution in [3.63, 3.8) is 0 Å². The zero-order valence-corrected chi connectivity index (χ0v) is 15.2. The number of rotatable bonds is 7. The Morgan fingerprint density at radius 3 is 2.36 bits per heavy atom. The van der Waals surface area contributed by atoms with Crippen LogP contribution in [-0.4, -0.2) is 43.8 Å². The number of hydrogen-bond acceptors (Lipinski definition) is 6. The molecule has 1 aromatic heterocycles. The van der Waals surface area contributed by atoms with Gasteiger partial charge in [-0.3, -0.25) is 0 Å². The van der Waals surface area contributed by atoms with E-state index in [1.807, 2.05) is 12.1 Å². The molecule has 1 unspecified atom stereocenters. The average Bonchev–Trinajstić information content (AvgIpc) is 3.09. The van der Waals surface area contributed by atoms with Gasteiger partial charge in [0.1, 0.15) is 12.4 Å². The molecule has 0 amide bonds. The maximum Gasteiger partial charge on any atom is 0.214 e. The van der Waals surface area contributed by atoms with E-state index in [1.165, 1.54) is 11.8 Å². The van der Waals surface area contributed by atoms with Gasteiger partial charge in [-0.1, -0.05) is 35.0 Å². The van der Waals surface area contributed by atoms with Gasteiger partial charge in [0, 0.05) is 15.8 Å². The molecule has 0 aliphatic rings. The first-order valence-electron chi connectivity index (χ1n) is 7.35. The number of nitrogens with zero attached hydrogens (tertiary/aromatic N) is 4. The Balaban J connectivity index is 1.54. The summed E-state index contributed by atoms with van der Waals surface area (Å²) >= 11 is 13.0. The second-order valence-corrected chi connectivity index (χ2v) is 6.94. The van der Waals surface area contributed by atoms with Crippen molar-refractivity contribution in [1.82, 2.24) is 20.2 Å². The fraction of sp³-hybridized carbons (Fsp3) is 0.188. The van der Waals surface area contributed by atoms with Crippen molar-refractivity contribution in [2.75, 3.05) is 12.4 Å². The Morgan fingerprint density at radius 1 is 1.04 bits per heavy atom. The van der Waals surface area contributed by atoms with Gasteiger partial charge in [-0.05, 0) is 59.0 Å². The van der Waals surface area contributed by atoms with Gasteiger partial charge < -0.3 is 9.84 Å². The topological polar surface area (TPSA) is 73.1 Å². The third-order valence-electron chi connectivity index (χ3n) is 3.17. The zero-order chi connectivity index (χ0) is 17.6. The summed E-state index contributed by atoms with van der Waals surface area (Å²) in [6, 6.07) is 14.2.